The summed E-state index contributed by atoms with van der Waals surface area (Å²) in [5, 5.41) is 9.68. The first-order chi connectivity index (χ1) is 14.6. The standard InChI is InChI=1S/C23H28O8/c1-10(24)31-13-3-4-23-9-30-21(29)19(23)22(2,16(25)8-12(23)7-13)17-14-5-11(18(17)26)6-15(14)20(27)28/h11-15,17,19H,3-9H2,1-2H3,(H,27,28)/t11-,12+,13-,14+,15+,17-,19-,22-,23+/m0/s1. The summed E-state index contributed by atoms with van der Waals surface area (Å²) in [5.41, 5.74) is -1.82. The van der Waals surface area contributed by atoms with Gasteiger partial charge in [-0.15, -0.1) is 0 Å². The highest BCUT2D eigenvalue weighted by Gasteiger charge is 2.73. The van der Waals surface area contributed by atoms with Crippen LogP contribution in [0.25, 0.3) is 0 Å². The number of hydrogen-bond acceptors (Lipinski definition) is 7. The van der Waals surface area contributed by atoms with Gasteiger partial charge in [-0.05, 0) is 43.9 Å². The molecule has 8 heteroatoms. The van der Waals surface area contributed by atoms with Gasteiger partial charge < -0.3 is 14.6 Å². The predicted octanol–water partition coefficient (Wildman–Crippen LogP) is 1.78. The van der Waals surface area contributed by atoms with Crippen molar-refractivity contribution in [3.05, 3.63) is 0 Å². The molecule has 4 aliphatic carbocycles. The zero-order chi connectivity index (χ0) is 22.3. The van der Waals surface area contributed by atoms with Gasteiger partial charge in [0.05, 0.1) is 23.9 Å². The maximum Gasteiger partial charge on any atom is 0.310 e. The number of aliphatic carboxylic acids is 1. The van der Waals surface area contributed by atoms with Crippen LogP contribution in [0, 0.1) is 46.3 Å². The molecule has 9 atom stereocenters. The van der Waals surface area contributed by atoms with E-state index in [0.717, 1.165) is 0 Å². The molecule has 0 aromatic rings. The average molecular weight is 432 g/mol. The molecule has 0 aromatic carbocycles. The number of carbonyl (C=O) groups is 5. The molecule has 0 aromatic heterocycles. The Kier molecular flexibility index (Phi) is 4.41. The summed E-state index contributed by atoms with van der Waals surface area (Å²) in [7, 11) is 0. The summed E-state index contributed by atoms with van der Waals surface area (Å²) in [6, 6.07) is 0. The molecule has 0 unspecified atom stereocenters. The van der Waals surface area contributed by atoms with Crippen LogP contribution < -0.4 is 0 Å². The van der Waals surface area contributed by atoms with Gasteiger partial charge >= 0.3 is 17.9 Å². The van der Waals surface area contributed by atoms with Crippen molar-refractivity contribution in [3.8, 4) is 0 Å². The Morgan fingerprint density at radius 3 is 2.55 bits per heavy atom. The Labute approximate surface area is 180 Å². The summed E-state index contributed by atoms with van der Waals surface area (Å²) in [6.45, 7) is 3.27. The monoisotopic (exact) mass is 432 g/mol. The lowest BCUT2D eigenvalue weighted by atomic mass is 9.44. The molecule has 0 amide bonds. The lowest BCUT2D eigenvalue weighted by Crippen LogP contribution is -2.62. The Morgan fingerprint density at radius 2 is 1.90 bits per heavy atom. The fourth-order valence-electron chi connectivity index (χ4n) is 8.07. The van der Waals surface area contributed by atoms with E-state index >= 15 is 0 Å². The van der Waals surface area contributed by atoms with Crippen molar-refractivity contribution < 1.29 is 38.6 Å². The molecule has 168 valence electrons. The molecule has 5 aliphatic rings. The summed E-state index contributed by atoms with van der Waals surface area (Å²) in [6.07, 6.45) is 2.37. The number of carboxylic acid groups (broad SMARTS) is 1. The van der Waals surface area contributed by atoms with Crippen LogP contribution in [0.15, 0.2) is 0 Å². The first-order valence-corrected chi connectivity index (χ1v) is 11.2. The summed E-state index contributed by atoms with van der Waals surface area (Å²) in [5.74, 6) is -5.03. The Balaban J connectivity index is 1.53. The lowest BCUT2D eigenvalue weighted by Gasteiger charge is -2.56. The van der Waals surface area contributed by atoms with E-state index in [1.807, 2.05) is 0 Å². The van der Waals surface area contributed by atoms with Gasteiger partial charge in [0.15, 0.2) is 0 Å². The molecule has 4 saturated carbocycles. The van der Waals surface area contributed by atoms with Gasteiger partial charge in [-0.25, -0.2) is 0 Å². The van der Waals surface area contributed by atoms with E-state index in [1.54, 1.807) is 6.92 Å². The summed E-state index contributed by atoms with van der Waals surface area (Å²) < 4.78 is 10.9. The zero-order valence-corrected chi connectivity index (χ0v) is 17.8. The van der Waals surface area contributed by atoms with Gasteiger partial charge in [0.2, 0.25) is 0 Å². The van der Waals surface area contributed by atoms with Gasteiger partial charge in [-0.3, -0.25) is 24.0 Å². The van der Waals surface area contributed by atoms with Crippen LogP contribution in [0.5, 0.6) is 0 Å². The summed E-state index contributed by atoms with van der Waals surface area (Å²) in [4.78, 5) is 63.2. The molecule has 1 heterocycles. The van der Waals surface area contributed by atoms with Crippen LogP contribution in [-0.2, 0) is 33.4 Å². The molecule has 31 heavy (non-hydrogen) atoms. The van der Waals surface area contributed by atoms with E-state index in [1.165, 1.54) is 6.92 Å². The summed E-state index contributed by atoms with van der Waals surface area (Å²) >= 11 is 0. The van der Waals surface area contributed by atoms with E-state index in [9.17, 15) is 29.1 Å². The molecule has 1 spiro atoms. The fourth-order valence-corrected chi connectivity index (χ4v) is 8.07. The highest BCUT2D eigenvalue weighted by molar-refractivity contribution is 6.00. The molecule has 8 nitrogen and oxygen atoms in total. The Bertz CT molecular complexity index is 894. The third kappa shape index (κ3) is 2.62. The largest absolute Gasteiger partial charge is 0.481 e. The van der Waals surface area contributed by atoms with Gasteiger partial charge in [-0.1, -0.05) is 6.92 Å². The molecule has 1 N–H and O–H groups in total. The van der Waals surface area contributed by atoms with E-state index in [4.69, 9.17) is 9.47 Å². The topological polar surface area (TPSA) is 124 Å². The quantitative estimate of drug-likeness (QED) is 0.670. The Hall–Kier alpha value is -2.25. The molecule has 1 saturated heterocycles. The van der Waals surface area contributed by atoms with Crippen molar-refractivity contribution in [1.82, 2.24) is 0 Å². The maximum atomic E-state index is 13.7. The van der Waals surface area contributed by atoms with E-state index in [2.05, 4.69) is 0 Å². The van der Waals surface area contributed by atoms with Crippen LogP contribution in [0.3, 0.4) is 0 Å². The van der Waals surface area contributed by atoms with Gasteiger partial charge in [0.25, 0.3) is 0 Å². The number of ether oxygens (including phenoxy) is 2. The second-order valence-electron chi connectivity index (χ2n) is 10.5. The highest BCUT2D eigenvalue weighted by Crippen LogP contribution is 2.67. The normalized spacial score (nSPS) is 48.2. The second kappa shape index (κ2) is 6.62. The number of cyclic esters (lactones) is 1. The first kappa shape index (κ1) is 20.6. The SMILES string of the molecule is CC(=O)O[C@H]1CC[C@]23COC(=O)[C@H]2[C@](C)([C@@H]2C(=O)[C@H]4C[C@@H]2[C@H](C(=O)O)C4)C(=O)C[C@H]3C1. The second-order valence-corrected chi connectivity index (χ2v) is 10.5. The zero-order valence-electron chi connectivity index (χ0n) is 17.8. The molecule has 0 radical (unpaired) electrons. The minimum absolute atomic E-state index is 0.0553. The van der Waals surface area contributed by atoms with Gasteiger partial charge in [0, 0.05) is 30.6 Å². The van der Waals surface area contributed by atoms with Crippen molar-refractivity contribution in [2.24, 2.45) is 46.3 Å². The van der Waals surface area contributed by atoms with Crippen LogP contribution >= 0.6 is 0 Å². The number of carbonyl (C=O) groups excluding carboxylic acids is 4. The molecule has 5 fully saturated rings. The highest BCUT2D eigenvalue weighted by atomic mass is 16.5. The lowest BCUT2D eigenvalue weighted by molar-refractivity contribution is -0.176. The minimum atomic E-state index is -1.25. The molecular formula is C23H28O8. The van der Waals surface area contributed by atoms with Crippen LogP contribution in [0.4, 0.5) is 0 Å². The van der Waals surface area contributed by atoms with Crippen molar-refractivity contribution in [2.45, 2.75) is 58.5 Å². The number of carboxylic acids is 1. The van der Waals surface area contributed by atoms with Crippen molar-refractivity contribution in [2.75, 3.05) is 6.61 Å². The fraction of sp³-hybridized carbons (Fsp3) is 0.783. The van der Waals surface area contributed by atoms with Crippen molar-refractivity contribution in [3.63, 3.8) is 0 Å². The Morgan fingerprint density at radius 1 is 1.16 bits per heavy atom. The number of rotatable bonds is 3. The van der Waals surface area contributed by atoms with Crippen molar-refractivity contribution >= 4 is 29.5 Å². The number of ketones is 2. The predicted molar refractivity (Wildman–Crippen MR) is 103 cm³/mol. The molecule has 1 aliphatic heterocycles. The molecular weight excluding hydrogens is 404 g/mol. The number of hydrogen-bond donors (Lipinski definition) is 1. The van der Waals surface area contributed by atoms with Crippen LogP contribution in [0.2, 0.25) is 0 Å². The average Bonchev–Trinajstić information content (AvgIpc) is 3.35. The molecule has 2 bridgehead atoms. The van der Waals surface area contributed by atoms with Gasteiger partial charge in [-0.2, -0.15) is 0 Å². The van der Waals surface area contributed by atoms with E-state index in [-0.39, 0.29) is 48.5 Å². The first-order valence-electron chi connectivity index (χ1n) is 11.2. The number of esters is 2. The maximum absolute atomic E-state index is 13.7. The minimum Gasteiger partial charge on any atom is -0.481 e. The van der Waals surface area contributed by atoms with Crippen LogP contribution in [-0.4, -0.2) is 47.3 Å². The smallest absolute Gasteiger partial charge is 0.310 e. The van der Waals surface area contributed by atoms with Gasteiger partial charge in [0.1, 0.15) is 17.7 Å². The van der Waals surface area contributed by atoms with Crippen molar-refractivity contribution in [1.29, 1.82) is 0 Å². The number of fused-ring (bicyclic) bond motifs is 2. The van der Waals surface area contributed by atoms with Crippen LogP contribution in [0.1, 0.15) is 52.4 Å². The molecule has 5 rings (SSSR count). The third-order valence-electron chi connectivity index (χ3n) is 9.26. The number of Topliss-reactive ketones (excluding diaryl/α,β-unsaturated/α-hetero) is 2. The third-order valence-corrected chi connectivity index (χ3v) is 9.26. The van der Waals surface area contributed by atoms with E-state index in [0.29, 0.717) is 32.1 Å². The van der Waals surface area contributed by atoms with E-state index < -0.39 is 46.4 Å².